The fraction of sp³-hybridized carbons (Fsp3) is 0.333. The summed E-state index contributed by atoms with van der Waals surface area (Å²) in [7, 11) is -1.07. The lowest BCUT2D eigenvalue weighted by molar-refractivity contribution is 0.525. The molecule has 0 saturated heterocycles. The average Bonchev–Trinajstić information content (AvgIpc) is 2.38. The van der Waals surface area contributed by atoms with Gasteiger partial charge in [0.05, 0.1) is 0 Å². The highest BCUT2D eigenvalue weighted by Gasteiger charge is 2.21. The molecule has 1 atom stereocenters. The Balaban J connectivity index is 2.68. The maximum Gasteiger partial charge on any atom is 0.134 e. The minimum Gasteiger partial charge on any atom is -0.255 e. The van der Waals surface area contributed by atoms with E-state index < -0.39 is 10.8 Å². The Morgan fingerprint density at radius 2 is 1.71 bits per heavy atom. The Bertz CT molecular complexity index is 699. The molecule has 0 spiro atoms. The van der Waals surface area contributed by atoms with Gasteiger partial charge in [0.25, 0.3) is 0 Å². The molecule has 0 aliphatic rings. The van der Waals surface area contributed by atoms with E-state index in [1.54, 1.807) is 12.3 Å². The molecule has 0 N–H and O–H groups in total. The van der Waals surface area contributed by atoms with Crippen LogP contribution in [0.1, 0.15) is 31.9 Å². The summed E-state index contributed by atoms with van der Waals surface area (Å²) in [6.45, 7) is 7.94. The molecular formula is C18H21FOS. The van der Waals surface area contributed by atoms with Gasteiger partial charge in [0.2, 0.25) is 0 Å². The summed E-state index contributed by atoms with van der Waals surface area (Å²) in [6.07, 6.45) is 1.64. The molecule has 0 amide bonds. The van der Waals surface area contributed by atoms with E-state index >= 15 is 0 Å². The highest BCUT2D eigenvalue weighted by atomic mass is 32.2. The van der Waals surface area contributed by atoms with E-state index in [0.717, 1.165) is 16.0 Å². The van der Waals surface area contributed by atoms with Crippen molar-refractivity contribution in [2.75, 3.05) is 6.26 Å². The van der Waals surface area contributed by atoms with Crippen LogP contribution in [0.25, 0.3) is 11.1 Å². The third-order valence-corrected chi connectivity index (χ3v) is 4.56. The Hall–Kier alpha value is -1.48. The van der Waals surface area contributed by atoms with Crippen LogP contribution in [-0.2, 0) is 16.2 Å². The third kappa shape index (κ3) is 3.24. The first kappa shape index (κ1) is 15.9. The van der Waals surface area contributed by atoms with Crippen molar-refractivity contribution in [3.63, 3.8) is 0 Å². The molecule has 0 aliphatic carbocycles. The zero-order chi connectivity index (χ0) is 15.8. The number of benzene rings is 2. The van der Waals surface area contributed by atoms with Gasteiger partial charge in [-0.25, -0.2) is 4.39 Å². The lowest BCUT2D eigenvalue weighted by Crippen LogP contribution is -2.14. The number of aryl methyl sites for hydroxylation is 1. The summed E-state index contributed by atoms with van der Waals surface area (Å²) in [5, 5.41) is 0. The number of halogens is 1. The van der Waals surface area contributed by atoms with Gasteiger partial charge in [-0.3, -0.25) is 4.21 Å². The maximum atomic E-state index is 14.9. The van der Waals surface area contributed by atoms with E-state index in [0.29, 0.717) is 11.1 Å². The quantitative estimate of drug-likeness (QED) is 0.776. The highest BCUT2D eigenvalue weighted by molar-refractivity contribution is 7.84. The Morgan fingerprint density at radius 1 is 1.05 bits per heavy atom. The summed E-state index contributed by atoms with van der Waals surface area (Å²) in [4.78, 5) is 0.719. The van der Waals surface area contributed by atoms with E-state index in [-0.39, 0.29) is 11.2 Å². The minimum atomic E-state index is -1.07. The van der Waals surface area contributed by atoms with Crippen LogP contribution in [0.15, 0.2) is 41.3 Å². The Kier molecular flexibility index (Phi) is 4.33. The van der Waals surface area contributed by atoms with Gasteiger partial charge in [0.1, 0.15) is 5.82 Å². The van der Waals surface area contributed by atoms with Gasteiger partial charge in [-0.15, -0.1) is 0 Å². The second kappa shape index (κ2) is 5.72. The molecule has 112 valence electrons. The van der Waals surface area contributed by atoms with Gasteiger partial charge in [-0.05, 0) is 41.2 Å². The largest absolute Gasteiger partial charge is 0.255 e. The van der Waals surface area contributed by atoms with E-state index in [1.807, 2.05) is 58.0 Å². The number of hydrogen-bond donors (Lipinski definition) is 0. The molecule has 0 fully saturated rings. The normalized spacial score (nSPS) is 13.2. The van der Waals surface area contributed by atoms with E-state index in [9.17, 15) is 8.60 Å². The van der Waals surface area contributed by atoms with Crippen molar-refractivity contribution in [3.05, 3.63) is 53.3 Å². The van der Waals surface area contributed by atoms with Crippen LogP contribution >= 0.6 is 0 Å². The summed E-state index contributed by atoms with van der Waals surface area (Å²) >= 11 is 0. The molecule has 1 unspecified atom stereocenters. The predicted octanol–water partition coefficient (Wildman–Crippen LogP) is 4.84. The van der Waals surface area contributed by atoms with Gasteiger partial charge in [0, 0.05) is 27.5 Å². The first-order valence-corrected chi connectivity index (χ1v) is 8.51. The van der Waals surface area contributed by atoms with Crippen molar-refractivity contribution in [1.29, 1.82) is 0 Å². The first-order chi connectivity index (χ1) is 9.71. The molecule has 2 rings (SSSR count). The second-order valence-electron chi connectivity index (χ2n) is 6.35. The molecule has 0 saturated carbocycles. The summed E-state index contributed by atoms with van der Waals surface area (Å²) in [5.74, 6) is -0.188. The monoisotopic (exact) mass is 304 g/mol. The van der Waals surface area contributed by atoms with Crippen molar-refractivity contribution in [1.82, 2.24) is 0 Å². The molecule has 3 heteroatoms. The van der Waals surface area contributed by atoms with Crippen molar-refractivity contribution in [2.24, 2.45) is 0 Å². The number of rotatable bonds is 2. The van der Waals surface area contributed by atoms with E-state index in [2.05, 4.69) is 0 Å². The van der Waals surface area contributed by atoms with Crippen molar-refractivity contribution >= 4 is 10.8 Å². The molecular weight excluding hydrogens is 283 g/mol. The van der Waals surface area contributed by atoms with Crippen LogP contribution in [0.4, 0.5) is 4.39 Å². The molecule has 2 aromatic carbocycles. The predicted molar refractivity (Wildman–Crippen MR) is 87.6 cm³/mol. The maximum absolute atomic E-state index is 14.9. The van der Waals surface area contributed by atoms with E-state index in [4.69, 9.17) is 0 Å². The van der Waals surface area contributed by atoms with Crippen molar-refractivity contribution in [2.45, 2.75) is 38.0 Å². The number of hydrogen-bond acceptors (Lipinski definition) is 1. The van der Waals surface area contributed by atoms with Crippen LogP contribution in [0, 0.1) is 12.7 Å². The lowest BCUT2D eigenvalue weighted by Gasteiger charge is -2.21. The third-order valence-electron chi connectivity index (χ3n) is 3.64. The van der Waals surface area contributed by atoms with Gasteiger partial charge in [-0.2, -0.15) is 0 Å². The Labute approximate surface area is 128 Å². The topological polar surface area (TPSA) is 17.1 Å². The van der Waals surface area contributed by atoms with Gasteiger partial charge >= 0.3 is 0 Å². The molecule has 2 aromatic rings. The molecule has 0 aromatic heterocycles. The first-order valence-electron chi connectivity index (χ1n) is 6.95. The van der Waals surface area contributed by atoms with Crippen LogP contribution in [0.2, 0.25) is 0 Å². The SMILES string of the molecule is Cc1ccc(S(C)=O)cc1-c1cccc(C(C)(C)C)c1F. The summed E-state index contributed by atoms with van der Waals surface area (Å²) in [6, 6.07) is 11.1. The molecule has 0 radical (unpaired) electrons. The molecule has 1 nitrogen and oxygen atoms in total. The van der Waals surface area contributed by atoms with Crippen LogP contribution in [0.5, 0.6) is 0 Å². The zero-order valence-electron chi connectivity index (χ0n) is 13.2. The Morgan fingerprint density at radius 3 is 2.29 bits per heavy atom. The molecule has 0 heterocycles. The van der Waals surface area contributed by atoms with Crippen LogP contribution in [-0.4, -0.2) is 10.5 Å². The molecule has 0 aliphatic heterocycles. The fourth-order valence-corrected chi connectivity index (χ4v) is 2.93. The molecule has 21 heavy (non-hydrogen) atoms. The smallest absolute Gasteiger partial charge is 0.134 e. The summed E-state index contributed by atoms with van der Waals surface area (Å²) < 4.78 is 26.6. The van der Waals surface area contributed by atoms with Gasteiger partial charge in [0.15, 0.2) is 0 Å². The summed E-state index contributed by atoms with van der Waals surface area (Å²) in [5.41, 5.74) is 2.81. The highest BCUT2D eigenvalue weighted by Crippen LogP contribution is 2.33. The zero-order valence-corrected chi connectivity index (χ0v) is 14.0. The lowest BCUT2D eigenvalue weighted by atomic mass is 9.84. The average molecular weight is 304 g/mol. The van der Waals surface area contributed by atoms with Crippen LogP contribution in [0.3, 0.4) is 0 Å². The van der Waals surface area contributed by atoms with Crippen molar-refractivity contribution in [3.8, 4) is 11.1 Å². The van der Waals surface area contributed by atoms with Crippen molar-refractivity contribution < 1.29 is 8.60 Å². The standard InChI is InChI=1S/C18H21FOS/c1-12-9-10-13(21(5)20)11-15(12)14-7-6-8-16(17(14)19)18(2,3)4/h6-11H,1-5H3. The van der Waals surface area contributed by atoms with Gasteiger partial charge < -0.3 is 0 Å². The van der Waals surface area contributed by atoms with E-state index in [1.165, 1.54) is 0 Å². The second-order valence-corrected chi connectivity index (χ2v) is 7.73. The van der Waals surface area contributed by atoms with Crippen LogP contribution < -0.4 is 0 Å². The minimum absolute atomic E-state index is 0.188. The molecule has 0 bridgehead atoms. The van der Waals surface area contributed by atoms with Gasteiger partial charge in [-0.1, -0.05) is 45.0 Å². The fourth-order valence-electron chi connectivity index (χ4n) is 2.39.